The van der Waals surface area contributed by atoms with Crippen LogP contribution in [0.1, 0.15) is 19.3 Å². The largest absolute Gasteiger partial charge is 0.468 e. The van der Waals surface area contributed by atoms with Crippen LogP contribution in [0.4, 0.5) is 0 Å². The Morgan fingerprint density at radius 2 is 2.00 bits per heavy atom. The normalized spacial score (nSPS) is 32.8. The Hall–Kier alpha value is -0.580. The average Bonchev–Trinajstić information content (AvgIpc) is 2.91. The molecule has 0 aromatic carbocycles. The number of carbonyl (C=O) groups excluding carboxylic acids is 2. The van der Waals surface area contributed by atoms with Gasteiger partial charge in [-0.2, -0.15) is 0 Å². The van der Waals surface area contributed by atoms with Gasteiger partial charge in [-0.1, -0.05) is 15.9 Å². The number of carbonyl (C=O) groups is 2. The van der Waals surface area contributed by atoms with E-state index in [1.165, 1.54) is 13.5 Å². The smallest absolute Gasteiger partial charge is 0.321 e. The van der Waals surface area contributed by atoms with E-state index >= 15 is 0 Å². The van der Waals surface area contributed by atoms with Gasteiger partial charge in [-0.15, -0.1) is 0 Å². The number of fused-ring (bicyclic) bond motifs is 1. The van der Waals surface area contributed by atoms with Crippen LogP contribution in [0.15, 0.2) is 0 Å². The standard InChI is InChI=1S/C11H16BrNO3/c1-16-11(15)9(12)5-13-10(14)8-3-6-2-7(6)4-8/h6-9H,2-5H2,1H3,(H,13,14). The van der Waals surface area contributed by atoms with Gasteiger partial charge in [0.1, 0.15) is 4.83 Å². The van der Waals surface area contributed by atoms with Crippen LogP contribution in [0.2, 0.25) is 0 Å². The number of alkyl halides is 1. The molecule has 0 aromatic heterocycles. The lowest BCUT2D eigenvalue weighted by molar-refractivity contribution is -0.139. The highest BCUT2D eigenvalue weighted by Crippen LogP contribution is 2.54. The summed E-state index contributed by atoms with van der Waals surface area (Å²) in [4.78, 5) is 22.4. The molecule has 0 radical (unpaired) electrons. The monoisotopic (exact) mass is 289 g/mol. The Labute approximate surface area is 103 Å². The van der Waals surface area contributed by atoms with Gasteiger partial charge < -0.3 is 10.1 Å². The van der Waals surface area contributed by atoms with Crippen LogP contribution in [-0.2, 0) is 14.3 Å². The molecule has 0 aliphatic heterocycles. The van der Waals surface area contributed by atoms with Gasteiger partial charge in [0, 0.05) is 12.5 Å². The summed E-state index contributed by atoms with van der Waals surface area (Å²) >= 11 is 3.17. The first-order chi connectivity index (χ1) is 7.61. The fourth-order valence-electron chi connectivity index (χ4n) is 2.47. The van der Waals surface area contributed by atoms with Crippen LogP contribution < -0.4 is 5.32 Å². The van der Waals surface area contributed by atoms with Crippen molar-refractivity contribution in [3.8, 4) is 0 Å². The van der Waals surface area contributed by atoms with Crippen LogP contribution in [0, 0.1) is 17.8 Å². The number of amides is 1. The summed E-state index contributed by atoms with van der Waals surface area (Å²) in [5.74, 6) is 1.50. The van der Waals surface area contributed by atoms with Crippen LogP contribution in [0.3, 0.4) is 0 Å². The van der Waals surface area contributed by atoms with Crippen LogP contribution in [0.5, 0.6) is 0 Å². The summed E-state index contributed by atoms with van der Waals surface area (Å²) in [5, 5.41) is 2.79. The zero-order chi connectivity index (χ0) is 11.7. The minimum Gasteiger partial charge on any atom is -0.468 e. The van der Waals surface area contributed by atoms with Crippen molar-refractivity contribution in [1.29, 1.82) is 0 Å². The molecule has 16 heavy (non-hydrogen) atoms. The highest BCUT2D eigenvalue weighted by Gasteiger charge is 2.47. The van der Waals surface area contributed by atoms with Crippen molar-refractivity contribution in [2.75, 3.05) is 13.7 Å². The Morgan fingerprint density at radius 1 is 1.38 bits per heavy atom. The van der Waals surface area contributed by atoms with Gasteiger partial charge in [0.2, 0.25) is 5.91 Å². The fraction of sp³-hybridized carbons (Fsp3) is 0.818. The Bertz CT molecular complexity index is 298. The minimum absolute atomic E-state index is 0.0838. The number of hydrogen-bond donors (Lipinski definition) is 1. The molecule has 2 saturated carbocycles. The second kappa shape index (κ2) is 4.73. The number of rotatable bonds is 4. The molecule has 1 N–H and O–H groups in total. The molecule has 2 aliphatic carbocycles. The van der Waals surface area contributed by atoms with Crippen molar-refractivity contribution < 1.29 is 14.3 Å². The van der Waals surface area contributed by atoms with E-state index in [4.69, 9.17) is 0 Å². The molecule has 2 rings (SSSR count). The lowest BCUT2D eigenvalue weighted by Crippen LogP contribution is -2.37. The van der Waals surface area contributed by atoms with Crippen molar-refractivity contribution in [2.24, 2.45) is 17.8 Å². The number of esters is 1. The Morgan fingerprint density at radius 3 is 2.56 bits per heavy atom. The molecule has 5 heteroatoms. The Kier molecular flexibility index (Phi) is 3.52. The highest BCUT2D eigenvalue weighted by atomic mass is 79.9. The lowest BCUT2D eigenvalue weighted by atomic mass is 10.0. The predicted octanol–water partition coefficient (Wildman–Crippen LogP) is 1.09. The first-order valence-electron chi connectivity index (χ1n) is 5.61. The maximum absolute atomic E-state index is 11.7. The van der Waals surface area contributed by atoms with Crippen molar-refractivity contribution in [1.82, 2.24) is 5.32 Å². The van der Waals surface area contributed by atoms with Gasteiger partial charge in [-0.3, -0.25) is 9.59 Å². The Balaban J connectivity index is 1.69. The van der Waals surface area contributed by atoms with E-state index in [1.807, 2.05) is 0 Å². The maximum atomic E-state index is 11.7. The summed E-state index contributed by atoms with van der Waals surface area (Å²) in [6.45, 7) is 0.303. The summed E-state index contributed by atoms with van der Waals surface area (Å²) in [7, 11) is 1.34. The summed E-state index contributed by atoms with van der Waals surface area (Å²) in [6, 6.07) is 0. The van der Waals surface area contributed by atoms with E-state index in [0.29, 0.717) is 6.54 Å². The first kappa shape index (κ1) is 11.9. The number of nitrogens with one attached hydrogen (secondary N) is 1. The van der Waals surface area contributed by atoms with E-state index in [2.05, 4.69) is 26.0 Å². The second-order valence-corrected chi connectivity index (χ2v) is 5.77. The summed E-state index contributed by atoms with van der Waals surface area (Å²) in [6.07, 6.45) is 3.37. The zero-order valence-electron chi connectivity index (χ0n) is 9.24. The molecule has 3 unspecified atom stereocenters. The molecule has 1 amide bonds. The third-order valence-corrected chi connectivity index (χ3v) is 4.22. The predicted molar refractivity (Wildman–Crippen MR) is 62.1 cm³/mol. The molecule has 0 saturated heterocycles. The van der Waals surface area contributed by atoms with Gasteiger partial charge in [-0.05, 0) is 31.1 Å². The molecule has 0 spiro atoms. The van der Waals surface area contributed by atoms with Gasteiger partial charge in [0.15, 0.2) is 0 Å². The molecular formula is C11H16BrNO3. The topological polar surface area (TPSA) is 55.4 Å². The number of hydrogen-bond acceptors (Lipinski definition) is 3. The molecule has 0 aromatic rings. The summed E-state index contributed by atoms with van der Waals surface area (Å²) in [5.41, 5.74) is 0. The van der Waals surface area contributed by atoms with Crippen molar-refractivity contribution in [3.63, 3.8) is 0 Å². The van der Waals surface area contributed by atoms with Gasteiger partial charge in [0.05, 0.1) is 7.11 Å². The third-order valence-electron chi connectivity index (χ3n) is 3.53. The van der Waals surface area contributed by atoms with Gasteiger partial charge in [0.25, 0.3) is 0 Å². The third kappa shape index (κ3) is 2.56. The van der Waals surface area contributed by atoms with E-state index < -0.39 is 4.83 Å². The molecule has 3 atom stereocenters. The molecule has 0 heterocycles. The van der Waals surface area contributed by atoms with E-state index in [9.17, 15) is 9.59 Å². The molecule has 2 fully saturated rings. The van der Waals surface area contributed by atoms with E-state index in [-0.39, 0.29) is 17.8 Å². The van der Waals surface area contributed by atoms with Gasteiger partial charge >= 0.3 is 5.97 Å². The number of ether oxygens (including phenoxy) is 1. The molecule has 2 aliphatic rings. The van der Waals surface area contributed by atoms with E-state index in [1.54, 1.807) is 0 Å². The molecule has 4 nitrogen and oxygen atoms in total. The quantitative estimate of drug-likeness (QED) is 0.623. The zero-order valence-corrected chi connectivity index (χ0v) is 10.8. The minimum atomic E-state index is -0.447. The number of halogens is 1. The number of methoxy groups -OCH3 is 1. The van der Waals surface area contributed by atoms with Crippen molar-refractivity contribution in [3.05, 3.63) is 0 Å². The lowest BCUT2D eigenvalue weighted by Gasteiger charge is -2.14. The fourth-order valence-corrected chi connectivity index (χ4v) is 2.82. The van der Waals surface area contributed by atoms with Crippen LogP contribution >= 0.6 is 15.9 Å². The first-order valence-corrected chi connectivity index (χ1v) is 6.53. The maximum Gasteiger partial charge on any atom is 0.321 e. The summed E-state index contributed by atoms with van der Waals surface area (Å²) < 4.78 is 4.56. The molecule has 90 valence electrons. The molecular weight excluding hydrogens is 274 g/mol. The molecule has 0 bridgehead atoms. The average molecular weight is 290 g/mol. The highest BCUT2D eigenvalue weighted by molar-refractivity contribution is 9.10. The van der Waals surface area contributed by atoms with Gasteiger partial charge in [-0.25, -0.2) is 0 Å². The van der Waals surface area contributed by atoms with E-state index in [0.717, 1.165) is 24.7 Å². The second-order valence-electron chi connectivity index (χ2n) is 4.66. The SMILES string of the molecule is COC(=O)C(Br)CNC(=O)C1CC2CC2C1. The van der Waals surface area contributed by atoms with Crippen molar-refractivity contribution in [2.45, 2.75) is 24.1 Å². The van der Waals surface area contributed by atoms with Crippen molar-refractivity contribution >= 4 is 27.8 Å². The van der Waals surface area contributed by atoms with Crippen LogP contribution in [0.25, 0.3) is 0 Å². The van der Waals surface area contributed by atoms with Crippen LogP contribution in [-0.4, -0.2) is 30.4 Å².